The van der Waals surface area contributed by atoms with Gasteiger partial charge < -0.3 is 14.8 Å². The third kappa shape index (κ3) is 5.25. The zero-order chi connectivity index (χ0) is 16.0. The number of amides is 1. The maximum atomic E-state index is 11.9. The minimum atomic E-state index is -0.750. The monoisotopic (exact) mass is 293 g/mol. The van der Waals surface area contributed by atoms with Gasteiger partial charge in [0.2, 0.25) is 0 Å². The lowest BCUT2D eigenvalue weighted by atomic mass is 10.1. The van der Waals surface area contributed by atoms with Gasteiger partial charge in [-0.05, 0) is 32.9 Å². The summed E-state index contributed by atoms with van der Waals surface area (Å²) in [5.41, 5.74) is -0.248. The maximum Gasteiger partial charge on any atom is 0.339 e. The molecule has 0 saturated carbocycles. The van der Waals surface area contributed by atoms with Crippen LogP contribution in [0, 0.1) is 0 Å². The van der Waals surface area contributed by atoms with Crippen LogP contribution in [0.15, 0.2) is 24.3 Å². The van der Waals surface area contributed by atoms with Gasteiger partial charge in [-0.15, -0.1) is 0 Å². The van der Waals surface area contributed by atoms with Crippen LogP contribution in [0.25, 0.3) is 0 Å². The predicted octanol–water partition coefficient (Wildman–Crippen LogP) is 1.54. The summed E-state index contributed by atoms with van der Waals surface area (Å²) >= 11 is 0. The highest BCUT2D eigenvalue weighted by atomic mass is 16.5. The van der Waals surface area contributed by atoms with E-state index in [9.17, 15) is 14.4 Å². The smallest absolute Gasteiger partial charge is 0.339 e. The first-order valence-electron chi connectivity index (χ1n) is 6.40. The Balaban J connectivity index is 2.73. The Morgan fingerprint density at radius 2 is 1.57 bits per heavy atom. The molecular formula is C15H19NO5. The Hall–Kier alpha value is -2.37. The largest absolute Gasteiger partial charge is 0.465 e. The van der Waals surface area contributed by atoms with Gasteiger partial charge in [0.25, 0.3) is 5.91 Å². The first kappa shape index (κ1) is 16.7. The van der Waals surface area contributed by atoms with E-state index in [0.717, 1.165) is 0 Å². The molecule has 6 nitrogen and oxygen atoms in total. The number of hydrogen-bond acceptors (Lipinski definition) is 5. The molecule has 1 N–H and O–H groups in total. The summed E-state index contributed by atoms with van der Waals surface area (Å²) in [4.78, 5) is 35.1. The van der Waals surface area contributed by atoms with E-state index in [0.29, 0.717) is 0 Å². The third-order valence-corrected chi connectivity index (χ3v) is 2.40. The van der Waals surface area contributed by atoms with E-state index in [1.54, 1.807) is 12.1 Å². The number of benzene rings is 1. The van der Waals surface area contributed by atoms with Crippen molar-refractivity contribution in [2.45, 2.75) is 26.3 Å². The molecule has 6 heteroatoms. The molecule has 0 heterocycles. The Labute approximate surface area is 123 Å². The summed E-state index contributed by atoms with van der Waals surface area (Å²) in [5, 5.41) is 2.67. The number of methoxy groups -OCH3 is 1. The number of ether oxygens (including phenoxy) is 2. The second kappa shape index (κ2) is 6.88. The van der Waals surface area contributed by atoms with Crippen LogP contribution in [0.3, 0.4) is 0 Å². The molecule has 0 unspecified atom stereocenters. The van der Waals surface area contributed by atoms with E-state index >= 15 is 0 Å². The van der Waals surface area contributed by atoms with Gasteiger partial charge in [-0.3, -0.25) is 4.79 Å². The number of esters is 2. The minimum Gasteiger partial charge on any atom is -0.465 e. The van der Waals surface area contributed by atoms with Crippen molar-refractivity contribution in [2.24, 2.45) is 0 Å². The summed E-state index contributed by atoms with van der Waals surface area (Å²) in [7, 11) is 1.22. The zero-order valence-corrected chi connectivity index (χ0v) is 12.6. The highest BCUT2D eigenvalue weighted by Gasteiger charge is 2.20. The maximum absolute atomic E-state index is 11.9. The molecule has 21 heavy (non-hydrogen) atoms. The van der Waals surface area contributed by atoms with Crippen LogP contribution in [0.5, 0.6) is 0 Å². The van der Waals surface area contributed by atoms with Crippen molar-refractivity contribution < 1.29 is 23.9 Å². The van der Waals surface area contributed by atoms with E-state index < -0.39 is 30.0 Å². The molecule has 0 radical (unpaired) electrons. The average Bonchev–Trinajstić information content (AvgIpc) is 2.42. The van der Waals surface area contributed by atoms with Gasteiger partial charge in [-0.2, -0.15) is 0 Å². The predicted molar refractivity (Wildman–Crippen MR) is 76.0 cm³/mol. The van der Waals surface area contributed by atoms with E-state index in [4.69, 9.17) is 4.74 Å². The molecular weight excluding hydrogens is 274 g/mol. The lowest BCUT2D eigenvalue weighted by Gasteiger charge is -2.20. The quantitative estimate of drug-likeness (QED) is 0.852. The summed E-state index contributed by atoms with van der Waals surface area (Å²) in [6.45, 7) is 5.05. The number of carbonyl (C=O) groups is 3. The van der Waals surface area contributed by atoms with Crippen molar-refractivity contribution in [1.29, 1.82) is 0 Å². The Morgan fingerprint density at radius 3 is 2.05 bits per heavy atom. The van der Waals surface area contributed by atoms with Crippen molar-refractivity contribution in [3.63, 3.8) is 0 Å². The Morgan fingerprint density at radius 1 is 1.05 bits per heavy atom. The highest BCUT2D eigenvalue weighted by molar-refractivity contribution is 6.03. The highest BCUT2D eigenvalue weighted by Crippen LogP contribution is 2.11. The van der Waals surface area contributed by atoms with Crippen LogP contribution in [-0.4, -0.2) is 37.1 Å². The van der Waals surface area contributed by atoms with Crippen LogP contribution in [0.2, 0.25) is 0 Å². The van der Waals surface area contributed by atoms with E-state index in [1.807, 2.05) is 20.8 Å². The first-order valence-corrected chi connectivity index (χ1v) is 6.40. The van der Waals surface area contributed by atoms with Crippen LogP contribution in [0.4, 0.5) is 0 Å². The molecule has 0 aromatic heterocycles. The van der Waals surface area contributed by atoms with Gasteiger partial charge in [-0.1, -0.05) is 12.1 Å². The van der Waals surface area contributed by atoms with Gasteiger partial charge >= 0.3 is 11.9 Å². The van der Waals surface area contributed by atoms with Crippen LogP contribution >= 0.6 is 0 Å². The molecule has 1 aromatic rings. The minimum absolute atomic E-state index is 0.0629. The molecule has 1 amide bonds. The van der Waals surface area contributed by atoms with Crippen LogP contribution in [0.1, 0.15) is 41.5 Å². The molecule has 0 aliphatic heterocycles. The molecule has 1 aromatic carbocycles. The number of hydrogen-bond donors (Lipinski definition) is 1. The lowest BCUT2D eigenvalue weighted by Crippen LogP contribution is -2.42. The normalized spacial score (nSPS) is 10.7. The molecule has 0 fully saturated rings. The fourth-order valence-electron chi connectivity index (χ4n) is 1.61. The van der Waals surface area contributed by atoms with Gasteiger partial charge in [0.15, 0.2) is 6.61 Å². The summed E-state index contributed by atoms with van der Waals surface area (Å²) in [5.74, 6) is -1.80. The number of carbonyl (C=O) groups excluding carboxylic acids is 3. The number of rotatable bonds is 4. The van der Waals surface area contributed by atoms with E-state index in [-0.39, 0.29) is 11.1 Å². The molecule has 0 aliphatic carbocycles. The van der Waals surface area contributed by atoms with Crippen LogP contribution < -0.4 is 5.32 Å². The second-order valence-corrected chi connectivity index (χ2v) is 5.41. The van der Waals surface area contributed by atoms with E-state index in [2.05, 4.69) is 10.1 Å². The molecule has 0 bridgehead atoms. The average molecular weight is 293 g/mol. The van der Waals surface area contributed by atoms with Gasteiger partial charge in [0.05, 0.1) is 18.2 Å². The molecule has 114 valence electrons. The molecule has 1 rings (SSSR count). The topological polar surface area (TPSA) is 81.7 Å². The molecule has 0 spiro atoms. The third-order valence-electron chi connectivity index (χ3n) is 2.40. The fraction of sp³-hybridized carbons (Fsp3) is 0.400. The first-order chi connectivity index (χ1) is 9.74. The van der Waals surface area contributed by atoms with Crippen molar-refractivity contribution >= 4 is 17.8 Å². The Kier molecular flexibility index (Phi) is 5.46. The fourth-order valence-corrected chi connectivity index (χ4v) is 1.61. The van der Waals surface area contributed by atoms with Crippen molar-refractivity contribution in [2.75, 3.05) is 13.7 Å². The van der Waals surface area contributed by atoms with Crippen molar-refractivity contribution in [3.05, 3.63) is 35.4 Å². The van der Waals surface area contributed by atoms with Gasteiger partial charge in [-0.25, -0.2) is 9.59 Å². The summed E-state index contributed by atoms with van der Waals surface area (Å²) < 4.78 is 9.50. The van der Waals surface area contributed by atoms with Crippen LogP contribution in [-0.2, 0) is 14.3 Å². The Bertz CT molecular complexity index is 545. The zero-order valence-electron chi connectivity index (χ0n) is 12.6. The molecule has 0 atom stereocenters. The standard InChI is InChI=1S/C15H19NO5/c1-15(2,3)16-12(17)9-21-14(19)11-8-6-5-7-10(11)13(18)20-4/h5-8H,9H2,1-4H3,(H,16,17). The SMILES string of the molecule is COC(=O)c1ccccc1C(=O)OCC(=O)NC(C)(C)C. The second-order valence-electron chi connectivity index (χ2n) is 5.41. The summed E-state index contributed by atoms with van der Waals surface area (Å²) in [6, 6.07) is 6.10. The van der Waals surface area contributed by atoms with Gasteiger partial charge in [0, 0.05) is 5.54 Å². The molecule has 0 saturated heterocycles. The van der Waals surface area contributed by atoms with Gasteiger partial charge in [0.1, 0.15) is 0 Å². The van der Waals surface area contributed by atoms with Crippen molar-refractivity contribution in [1.82, 2.24) is 5.32 Å². The molecule has 0 aliphatic rings. The lowest BCUT2D eigenvalue weighted by molar-refractivity contribution is -0.125. The summed E-state index contributed by atoms with van der Waals surface area (Å²) in [6.07, 6.45) is 0. The van der Waals surface area contributed by atoms with Crippen molar-refractivity contribution in [3.8, 4) is 0 Å². The number of nitrogens with one attached hydrogen (secondary N) is 1. The van der Waals surface area contributed by atoms with E-state index in [1.165, 1.54) is 19.2 Å².